The monoisotopic (exact) mass is 307 g/mol. The zero-order chi connectivity index (χ0) is 16.0. The lowest BCUT2D eigenvalue weighted by atomic mass is 9.83. The smallest absolute Gasteiger partial charge is 0.408 e. The molecule has 1 atom stereocenters. The molecule has 1 aromatic carbocycles. The van der Waals surface area contributed by atoms with Crippen molar-refractivity contribution < 1.29 is 23.8 Å². The summed E-state index contributed by atoms with van der Waals surface area (Å²) in [5, 5.41) is 2.75. The van der Waals surface area contributed by atoms with Gasteiger partial charge in [-0.15, -0.1) is 0 Å². The molecule has 1 fully saturated rings. The van der Waals surface area contributed by atoms with Crippen molar-refractivity contribution in [2.75, 3.05) is 19.8 Å². The molecule has 1 aliphatic rings. The Bertz CT molecular complexity index is 513. The van der Waals surface area contributed by atoms with Gasteiger partial charge in [-0.1, -0.05) is 30.3 Å². The Labute approximate surface area is 129 Å². The molecule has 0 aliphatic carbocycles. The Hall–Kier alpha value is -2.08. The second kappa shape index (κ2) is 7.26. The van der Waals surface area contributed by atoms with Gasteiger partial charge in [-0.2, -0.15) is 0 Å². The number of nitrogens with one attached hydrogen (secondary N) is 1. The predicted molar refractivity (Wildman–Crippen MR) is 79.1 cm³/mol. The van der Waals surface area contributed by atoms with E-state index in [-0.39, 0.29) is 25.8 Å². The number of hydrogen-bond acceptors (Lipinski definition) is 5. The predicted octanol–water partition coefficient (Wildman–Crippen LogP) is 1.88. The number of amides is 1. The number of ether oxygens (including phenoxy) is 3. The second-order valence-corrected chi connectivity index (χ2v) is 5.31. The molecule has 1 N–H and O–H groups in total. The lowest BCUT2D eigenvalue weighted by molar-refractivity contribution is -0.162. The maximum absolute atomic E-state index is 12.0. The van der Waals surface area contributed by atoms with Crippen molar-refractivity contribution >= 4 is 12.1 Å². The van der Waals surface area contributed by atoms with E-state index in [1.807, 2.05) is 30.3 Å². The number of alkyl carbamates (subject to hydrolysis) is 1. The molecule has 0 radical (unpaired) electrons. The van der Waals surface area contributed by atoms with Gasteiger partial charge >= 0.3 is 12.1 Å². The summed E-state index contributed by atoms with van der Waals surface area (Å²) >= 11 is 0. The van der Waals surface area contributed by atoms with E-state index in [9.17, 15) is 9.59 Å². The lowest BCUT2D eigenvalue weighted by Gasteiger charge is -2.44. The van der Waals surface area contributed by atoms with Crippen molar-refractivity contribution in [2.24, 2.45) is 5.92 Å². The molecule has 120 valence electrons. The summed E-state index contributed by atoms with van der Waals surface area (Å²) in [5.74, 6) is -0.848. The highest BCUT2D eigenvalue weighted by atomic mass is 16.6. The van der Waals surface area contributed by atoms with Crippen LogP contribution in [-0.2, 0) is 25.6 Å². The van der Waals surface area contributed by atoms with E-state index in [1.54, 1.807) is 13.8 Å². The Kier molecular flexibility index (Phi) is 5.38. The van der Waals surface area contributed by atoms with Crippen LogP contribution in [0.15, 0.2) is 30.3 Å². The van der Waals surface area contributed by atoms with Gasteiger partial charge in [0.1, 0.15) is 12.1 Å². The van der Waals surface area contributed by atoms with E-state index in [1.165, 1.54) is 0 Å². The van der Waals surface area contributed by atoms with Gasteiger partial charge in [-0.3, -0.25) is 4.79 Å². The first-order chi connectivity index (χ1) is 10.6. The standard InChI is InChI=1S/C16H21NO5/c1-3-21-14(18)12(2)16(10-20-11-16)17-15(19)22-9-13-7-5-4-6-8-13/h4-8,12H,3,9-11H2,1-2H3,(H,17,19)/t12-/m1/s1. The summed E-state index contributed by atoms with van der Waals surface area (Å²) in [6, 6.07) is 9.39. The summed E-state index contributed by atoms with van der Waals surface area (Å²) in [4.78, 5) is 23.8. The summed E-state index contributed by atoms with van der Waals surface area (Å²) in [6.45, 7) is 4.49. The molecule has 1 amide bonds. The number of benzene rings is 1. The van der Waals surface area contributed by atoms with Crippen LogP contribution < -0.4 is 5.32 Å². The molecule has 0 saturated carbocycles. The van der Waals surface area contributed by atoms with Gasteiger partial charge in [0.05, 0.1) is 25.7 Å². The number of esters is 1. The van der Waals surface area contributed by atoms with Crippen LogP contribution in [0.4, 0.5) is 4.79 Å². The van der Waals surface area contributed by atoms with E-state index in [4.69, 9.17) is 14.2 Å². The van der Waals surface area contributed by atoms with Crippen molar-refractivity contribution in [3.05, 3.63) is 35.9 Å². The topological polar surface area (TPSA) is 73.9 Å². The molecule has 1 heterocycles. The SMILES string of the molecule is CCOC(=O)[C@@H](C)C1(NC(=O)OCc2ccccc2)COC1. The zero-order valence-corrected chi connectivity index (χ0v) is 12.8. The maximum Gasteiger partial charge on any atom is 0.408 e. The van der Waals surface area contributed by atoms with Gasteiger partial charge in [-0.25, -0.2) is 4.79 Å². The lowest BCUT2D eigenvalue weighted by Crippen LogP contribution is -2.67. The van der Waals surface area contributed by atoms with Gasteiger partial charge in [0.25, 0.3) is 0 Å². The highest BCUT2D eigenvalue weighted by Crippen LogP contribution is 2.27. The van der Waals surface area contributed by atoms with E-state index in [0.717, 1.165) is 5.56 Å². The van der Waals surface area contributed by atoms with Gasteiger partial charge in [0, 0.05) is 0 Å². The molecule has 6 heteroatoms. The fourth-order valence-electron chi connectivity index (χ4n) is 2.21. The third kappa shape index (κ3) is 3.76. The summed E-state index contributed by atoms with van der Waals surface area (Å²) in [6.07, 6.45) is -0.566. The first kappa shape index (κ1) is 16.3. The fourth-order valence-corrected chi connectivity index (χ4v) is 2.21. The Morgan fingerprint density at radius 3 is 2.50 bits per heavy atom. The van der Waals surface area contributed by atoms with Crippen LogP contribution in [0, 0.1) is 5.92 Å². The number of carbonyl (C=O) groups is 2. The molecule has 2 rings (SSSR count). The summed E-state index contributed by atoms with van der Waals surface area (Å²) in [7, 11) is 0. The Morgan fingerprint density at radius 1 is 1.27 bits per heavy atom. The number of carbonyl (C=O) groups excluding carboxylic acids is 2. The second-order valence-electron chi connectivity index (χ2n) is 5.31. The number of hydrogen-bond donors (Lipinski definition) is 1. The molecule has 0 bridgehead atoms. The van der Waals surface area contributed by atoms with E-state index < -0.39 is 17.6 Å². The van der Waals surface area contributed by atoms with Crippen molar-refractivity contribution in [1.82, 2.24) is 5.32 Å². The van der Waals surface area contributed by atoms with Crippen LogP contribution in [0.2, 0.25) is 0 Å². The van der Waals surface area contributed by atoms with Crippen LogP contribution >= 0.6 is 0 Å². The first-order valence-corrected chi connectivity index (χ1v) is 7.30. The third-order valence-corrected chi connectivity index (χ3v) is 3.75. The molecule has 1 aliphatic heterocycles. The quantitative estimate of drug-likeness (QED) is 0.812. The fraction of sp³-hybridized carbons (Fsp3) is 0.500. The molecule has 0 unspecified atom stereocenters. The summed E-state index contributed by atoms with van der Waals surface area (Å²) in [5.41, 5.74) is 0.148. The molecule has 0 spiro atoms. The van der Waals surface area contributed by atoms with Gasteiger partial charge in [0.15, 0.2) is 0 Å². The van der Waals surface area contributed by atoms with E-state index in [2.05, 4.69) is 5.32 Å². The van der Waals surface area contributed by atoms with Crippen LogP contribution in [-0.4, -0.2) is 37.4 Å². The van der Waals surface area contributed by atoms with Crippen molar-refractivity contribution in [1.29, 1.82) is 0 Å². The summed E-state index contributed by atoms with van der Waals surface area (Å²) < 4.78 is 15.4. The van der Waals surface area contributed by atoms with Gasteiger partial charge in [0.2, 0.25) is 0 Å². The number of rotatable bonds is 6. The zero-order valence-electron chi connectivity index (χ0n) is 12.8. The molecule has 6 nitrogen and oxygen atoms in total. The average molecular weight is 307 g/mol. The Morgan fingerprint density at radius 2 is 1.95 bits per heavy atom. The van der Waals surface area contributed by atoms with Gasteiger partial charge in [-0.05, 0) is 19.4 Å². The van der Waals surface area contributed by atoms with E-state index >= 15 is 0 Å². The van der Waals surface area contributed by atoms with Crippen molar-refractivity contribution in [3.8, 4) is 0 Å². The minimum Gasteiger partial charge on any atom is -0.466 e. The third-order valence-electron chi connectivity index (χ3n) is 3.75. The van der Waals surface area contributed by atoms with Crippen LogP contribution in [0.3, 0.4) is 0 Å². The van der Waals surface area contributed by atoms with E-state index in [0.29, 0.717) is 6.61 Å². The van der Waals surface area contributed by atoms with Crippen molar-refractivity contribution in [3.63, 3.8) is 0 Å². The van der Waals surface area contributed by atoms with Gasteiger partial charge < -0.3 is 19.5 Å². The highest BCUT2D eigenvalue weighted by molar-refractivity contribution is 5.76. The molecule has 22 heavy (non-hydrogen) atoms. The maximum atomic E-state index is 12.0. The first-order valence-electron chi connectivity index (χ1n) is 7.30. The molecular weight excluding hydrogens is 286 g/mol. The van der Waals surface area contributed by atoms with Crippen LogP contribution in [0.1, 0.15) is 19.4 Å². The van der Waals surface area contributed by atoms with Crippen LogP contribution in [0.5, 0.6) is 0 Å². The normalized spacial score (nSPS) is 17.0. The van der Waals surface area contributed by atoms with Crippen molar-refractivity contribution in [2.45, 2.75) is 26.0 Å². The molecule has 1 saturated heterocycles. The average Bonchev–Trinajstić information content (AvgIpc) is 2.49. The molecular formula is C16H21NO5. The molecule has 0 aromatic heterocycles. The largest absolute Gasteiger partial charge is 0.466 e. The minimum atomic E-state index is -0.750. The Balaban J connectivity index is 1.89. The van der Waals surface area contributed by atoms with Crippen LogP contribution in [0.25, 0.3) is 0 Å². The molecule has 1 aromatic rings. The highest BCUT2D eigenvalue weighted by Gasteiger charge is 2.49. The minimum absolute atomic E-state index is 0.178.